The minimum absolute atomic E-state index is 0.0219. The lowest BCUT2D eigenvalue weighted by Gasteiger charge is -2.35. The first-order valence-corrected chi connectivity index (χ1v) is 13.8. The van der Waals surface area contributed by atoms with Gasteiger partial charge >= 0.3 is 0 Å². The molecular formula is C31H29Cl2N3O4. The van der Waals surface area contributed by atoms with E-state index in [-0.39, 0.29) is 18.3 Å². The van der Waals surface area contributed by atoms with Gasteiger partial charge in [-0.05, 0) is 68.1 Å². The fraction of sp³-hybridized carbons (Fsp3) is 0.290. The number of nitrogens with one attached hydrogen (secondary N) is 1. The molecule has 0 saturated heterocycles. The van der Waals surface area contributed by atoms with Gasteiger partial charge in [0.25, 0.3) is 0 Å². The summed E-state index contributed by atoms with van der Waals surface area (Å²) < 4.78 is 11.6. The van der Waals surface area contributed by atoms with Crippen molar-refractivity contribution in [3.63, 3.8) is 0 Å². The minimum atomic E-state index is -0.702. The molecule has 9 heteroatoms. The van der Waals surface area contributed by atoms with Gasteiger partial charge in [-0.2, -0.15) is 0 Å². The zero-order valence-corrected chi connectivity index (χ0v) is 24.0. The summed E-state index contributed by atoms with van der Waals surface area (Å²) in [7, 11) is 1.58. The lowest BCUT2D eigenvalue weighted by Crippen LogP contribution is -2.39. The van der Waals surface area contributed by atoms with Crippen molar-refractivity contribution in [3.8, 4) is 11.5 Å². The summed E-state index contributed by atoms with van der Waals surface area (Å²) in [6.45, 7) is 3.87. The number of aliphatic imine (C=N–C) groups is 1. The van der Waals surface area contributed by atoms with Gasteiger partial charge in [0, 0.05) is 41.1 Å². The van der Waals surface area contributed by atoms with E-state index >= 15 is 0 Å². The molecule has 2 heterocycles. The number of ether oxygens (including phenoxy) is 2. The van der Waals surface area contributed by atoms with E-state index in [0.717, 1.165) is 28.8 Å². The Labute approximate surface area is 243 Å². The van der Waals surface area contributed by atoms with E-state index in [2.05, 4.69) is 10.3 Å². The van der Waals surface area contributed by atoms with Crippen LogP contribution in [0.15, 0.2) is 71.0 Å². The van der Waals surface area contributed by atoms with Gasteiger partial charge in [-0.1, -0.05) is 41.4 Å². The zero-order valence-electron chi connectivity index (χ0n) is 22.5. The van der Waals surface area contributed by atoms with Crippen LogP contribution in [0.25, 0.3) is 0 Å². The van der Waals surface area contributed by atoms with Gasteiger partial charge in [0.1, 0.15) is 28.9 Å². The summed E-state index contributed by atoms with van der Waals surface area (Å²) >= 11 is 12.5. The quantitative estimate of drug-likeness (QED) is 0.323. The Morgan fingerprint density at radius 1 is 1.07 bits per heavy atom. The predicted molar refractivity (Wildman–Crippen MR) is 157 cm³/mol. The van der Waals surface area contributed by atoms with Crippen LogP contribution < -0.4 is 14.8 Å². The number of pyridine rings is 1. The van der Waals surface area contributed by atoms with Crippen molar-refractivity contribution in [1.29, 1.82) is 0 Å². The highest BCUT2D eigenvalue weighted by Crippen LogP contribution is 2.44. The van der Waals surface area contributed by atoms with Gasteiger partial charge in [0.2, 0.25) is 5.91 Å². The first-order chi connectivity index (χ1) is 19.3. The highest BCUT2D eigenvalue weighted by molar-refractivity contribution is 6.42. The van der Waals surface area contributed by atoms with E-state index in [1.54, 1.807) is 31.5 Å². The summed E-state index contributed by atoms with van der Waals surface area (Å²) in [6.07, 6.45) is 3.50. The summed E-state index contributed by atoms with van der Waals surface area (Å²) in [6, 6.07) is 14.6. The largest absolute Gasteiger partial charge is 0.496 e. The molecule has 1 aromatic heterocycles. The molecule has 1 amide bonds. The average Bonchev–Trinajstić information content (AvgIpc) is 2.94. The van der Waals surface area contributed by atoms with Crippen molar-refractivity contribution in [1.82, 2.24) is 4.98 Å². The molecule has 1 aliphatic heterocycles. The van der Waals surface area contributed by atoms with Gasteiger partial charge in [-0.15, -0.1) is 0 Å². The highest BCUT2D eigenvalue weighted by Gasteiger charge is 2.42. The van der Waals surface area contributed by atoms with Crippen LogP contribution in [0, 0.1) is 12.8 Å². The van der Waals surface area contributed by atoms with Gasteiger partial charge in [0.05, 0.1) is 18.1 Å². The van der Waals surface area contributed by atoms with Crippen LogP contribution in [0.4, 0.5) is 5.82 Å². The molecule has 1 aliphatic carbocycles. The average molecular weight is 578 g/mol. The van der Waals surface area contributed by atoms with E-state index < -0.39 is 11.8 Å². The molecule has 0 radical (unpaired) electrons. The number of methoxy groups -OCH3 is 1. The standard InChI is InChI=1S/C31H29Cl2N3O4/c1-17-7-6-14-34-30(17)36-31(38)26-18(2)35-22-9-5-10-23(37)28(22)27(26)19-12-13-24(39-3)20(15-19)16-40-25-11-4-8-21(32)29(25)33/h4,6-8,11-15,26-27H,5,9-10,16H2,1-3H3,(H,34,36,38). The van der Waals surface area contributed by atoms with Gasteiger partial charge < -0.3 is 14.8 Å². The van der Waals surface area contributed by atoms with Crippen LogP contribution in [0.1, 0.15) is 48.8 Å². The normalized spacial score (nSPS) is 18.6. The number of halogens is 2. The lowest BCUT2D eigenvalue weighted by atomic mass is 9.71. The summed E-state index contributed by atoms with van der Waals surface area (Å²) in [5, 5.41) is 3.69. The third kappa shape index (κ3) is 5.49. The van der Waals surface area contributed by atoms with Crippen LogP contribution >= 0.6 is 23.2 Å². The Morgan fingerprint density at radius 3 is 2.67 bits per heavy atom. The molecule has 2 aliphatic rings. The number of benzene rings is 2. The number of ketones is 1. The number of aromatic nitrogens is 1. The molecule has 0 spiro atoms. The number of nitrogens with zero attached hydrogens (tertiary/aromatic N) is 2. The van der Waals surface area contributed by atoms with Crippen molar-refractivity contribution < 1.29 is 19.1 Å². The second-order valence-electron chi connectivity index (χ2n) is 9.92. The van der Waals surface area contributed by atoms with Crippen LogP contribution in [0.2, 0.25) is 10.0 Å². The number of hydrogen-bond donors (Lipinski definition) is 1. The second kappa shape index (κ2) is 11.8. The molecule has 3 aromatic rings. The Morgan fingerprint density at radius 2 is 1.90 bits per heavy atom. The van der Waals surface area contributed by atoms with Crippen LogP contribution in [-0.2, 0) is 16.2 Å². The molecule has 0 saturated carbocycles. The fourth-order valence-corrected chi connectivity index (χ4v) is 5.72. The van der Waals surface area contributed by atoms with E-state index in [4.69, 9.17) is 37.7 Å². The lowest BCUT2D eigenvalue weighted by molar-refractivity contribution is -0.119. The third-order valence-corrected chi connectivity index (χ3v) is 8.13. The Hall–Kier alpha value is -3.68. The molecule has 0 fully saturated rings. The number of rotatable bonds is 7. The summed E-state index contributed by atoms with van der Waals surface area (Å²) in [5.41, 5.74) is 4.40. The van der Waals surface area contributed by atoms with Gasteiger partial charge in [-0.3, -0.25) is 14.6 Å². The summed E-state index contributed by atoms with van der Waals surface area (Å²) in [4.78, 5) is 36.3. The van der Waals surface area contributed by atoms with Gasteiger partial charge in [-0.25, -0.2) is 4.98 Å². The van der Waals surface area contributed by atoms with Crippen molar-refractivity contribution >= 4 is 46.4 Å². The van der Waals surface area contributed by atoms with E-state index in [1.165, 1.54) is 0 Å². The third-order valence-electron chi connectivity index (χ3n) is 7.33. The smallest absolute Gasteiger partial charge is 0.235 e. The SMILES string of the molecule is COc1ccc(C2C3=C(CCCC3=O)N=C(C)C2C(=O)Nc2ncccc2C)cc1COc1cccc(Cl)c1Cl. The van der Waals surface area contributed by atoms with E-state index in [9.17, 15) is 9.59 Å². The topological polar surface area (TPSA) is 89.9 Å². The number of carbonyl (C=O) groups excluding carboxylic acids is 2. The molecule has 2 aromatic carbocycles. The molecule has 0 bridgehead atoms. The molecule has 2 atom stereocenters. The van der Waals surface area contributed by atoms with Crippen LogP contribution in [0.3, 0.4) is 0 Å². The number of anilines is 1. The number of amides is 1. The second-order valence-corrected chi connectivity index (χ2v) is 10.7. The monoisotopic (exact) mass is 577 g/mol. The first-order valence-electron chi connectivity index (χ1n) is 13.1. The Bertz CT molecular complexity index is 1550. The van der Waals surface area contributed by atoms with Crippen LogP contribution in [0.5, 0.6) is 11.5 Å². The number of hydrogen-bond acceptors (Lipinski definition) is 6. The van der Waals surface area contributed by atoms with E-state index in [0.29, 0.717) is 51.5 Å². The van der Waals surface area contributed by atoms with Crippen LogP contribution in [-0.4, -0.2) is 29.5 Å². The van der Waals surface area contributed by atoms with Crippen molar-refractivity contribution in [2.45, 2.75) is 45.6 Å². The zero-order chi connectivity index (χ0) is 28.4. The molecule has 206 valence electrons. The Balaban J connectivity index is 1.55. The number of carbonyl (C=O) groups is 2. The van der Waals surface area contributed by atoms with Crippen molar-refractivity contribution in [2.75, 3.05) is 12.4 Å². The molecule has 2 unspecified atom stereocenters. The maximum Gasteiger partial charge on any atom is 0.235 e. The summed E-state index contributed by atoms with van der Waals surface area (Å²) in [5.74, 6) is 0.0625. The molecular weight excluding hydrogens is 549 g/mol. The maximum atomic E-state index is 13.8. The molecule has 1 N–H and O–H groups in total. The number of allylic oxidation sites excluding steroid dienone is 2. The van der Waals surface area contributed by atoms with E-state index in [1.807, 2.05) is 44.2 Å². The first kappa shape index (κ1) is 27.9. The highest BCUT2D eigenvalue weighted by atomic mass is 35.5. The molecule has 40 heavy (non-hydrogen) atoms. The number of Topliss-reactive ketones (excluding diaryl/α,β-unsaturated/α-hetero) is 1. The predicted octanol–water partition coefficient (Wildman–Crippen LogP) is 7.10. The molecule has 7 nitrogen and oxygen atoms in total. The Kier molecular flexibility index (Phi) is 8.24. The van der Waals surface area contributed by atoms with Gasteiger partial charge in [0.15, 0.2) is 5.78 Å². The number of aryl methyl sites for hydroxylation is 1. The van der Waals surface area contributed by atoms with Crippen molar-refractivity contribution in [2.24, 2.45) is 10.9 Å². The maximum absolute atomic E-state index is 13.8. The molecule has 5 rings (SSSR count). The minimum Gasteiger partial charge on any atom is -0.496 e. The fourth-order valence-electron chi connectivity index (χ4n) is 5.37. The van der Waals surface area contributed by atoms with Crippen molar-refractivity contribution in [3.05, 3.63) is 92.7 Å².